The Morgan fingerprint density at radius 1 is 1.16 bits per heavy atom. The number of rotatable bonds is 6. The molecular weight excluding hydrogens is 412 g/mol. The lowest BCUT2D eigenvalue weighted by molar-refractivity contribution is 0.137. The van der Waals surface area contributed by atoms with Crippen LogP contribution in [0.1, 0.15) is 25.0 Å². The molecule has 3 aliphatic heterocycles. The average Bonchev–Trinajstić information content (AvgIpc) is 3.12. The van der Waals surface area contributed by atoms with Crippen molar-refractivity contribution in [2.24, 2.45) is 17.8 Å². The van der Waals surface area contributed by atoms with Crippen LogP contribution in [0.15, 0.2) is 41.4 Å². The summed E-state index contributed by atoms with van der Waals surface area (Å²) in [7, 11) is -1.01. The number of nitrogens with zero attached hydrogens (tertiary/aromatic N) is 2. The lowest BCUT2D eigenvalue weighted by Crippen LogP contribution is -2.23. The Kier molecular flexibility index (Phi) is 4.58. The molecule has 0 radical (unpaired) electrons. The van der Waals surface area contributed by atoms with E-state index < -0.39 is 10.8 Å². The molecule has 0 aromatic heterocycles. The number of fused-ring (bicyclic) bond motifs is 2. The van der Waals surface area contributed by atoms with Crippen LogP contribution < -0.4 is 4.74 Å². The molecule has 3 atom stereocenters. The van der Waals surface area contributed by atoms with Gasteiger partial charge in [0.1, 0.15) is 5.75 Å². The van der Waals surface area contributed by atoms with Crippen LogP contribution in [-0.2, 0) is 15.5 Å². The molecule has 0 spiro atoms. The second-order valence-electron chi connectivity index (χ2n) is 9.04. The van der Waals surface area contributed by atoms with E-state index in [4.69, 9.17) is 9.47 Å². The van der Waals surface area contributed by atoms with Gasteiger partial charge in [0.05, 0.1) is 36.3 Å². The first-order chi connectivity index (χ1) is 15.1. The van der Waals surface area contributed by atoms with E-state index >= 15 is 0 Å². The Morgan fingerprint density at radius 2 is 1.97 bits per heavy atom. The fraction of sp³-hybridized carbons (Fsp3) is 0.458. The highest BCUT2D eigenvalue weighted by molar-refractivity contribution is 7.85. The summed E-state index contributed by atoms with van der Waals surface area (Å²) in [5.74, 6) is 3.13. The van der Waals surface area contributed by atoms with E-state index in [1.807, 2.05) is 37.3 Å². The normalized spacial score (nSPS) is 25.9. The second-order valence-corrected chi connectivity index (χ2v) is 10.8. The molecule has 162 valence electrons. The zero-order chi connectivity index (χ0) is 21.1. The Morgan fingerprint density at radius 3 is 2.71 bits per heavy atom. The highest BCUT2D eigenvalue weighted by Crippen LogP contribution is 2.51. The smallest absolute Gasteiger partial charge is 0.176 e. The summed E-state index contributed by atoms with van der Waals surface area (Å²) in [5, 5.41) is 10.6. The zero-order valence-electron chi connectivity index (χ0n) is 17.5. The van der Waals surface area contributed by atoms with Gasteiger partial charge in [-0.05, 0) is 67.5 Å². The van der Waals surface area contributed by atoms with Gasteiger partial charge >= 0.3 is 0 Å². The fourth-order valence-corrected chi connectivity index (χ4v) is 6.57. The van der Waals surface area contributed by atoms with Crippen LogP contribution in [0.2, 0.25) is 0 Å². The number of benzene rings is 1. The van der Waals surface area contributed by atoms with E-state index in [0.717, 1.165) is 64.5 Å². The Bertz CT molecular complexity index is 1130. The molecule has 0 amide bonds. The zero-order valence-corrected chi connectivity index (χ0v) is 18.3. The molecule has 3 unspecified atom stereocenters. The van der Waals surface area contributed by atoms with Crippen LogP contribution >= 0.6 is 0 Å². The quantitative estimate of drug-likeness (QED) is 0.586. The van der Waals surface area contributed by atoms with Gasteiger partial charge in [-0.1, -0.05) is 6.42 Å². The Balaban J connectivity index is 1.39. The number of hydrogen-bond acceptors (Lipinski definition) is 5. The second kappa shape index (κ2) is 7.35. The maximum atomic E-state index is 13.1. The van der Waals surface area contributed by atoms with E-state index in [0.29, 0.717) is 35.9 Å². The molecule has 3 fully saturated rings. The highest BCUT2D eigenvalue weighted by Gasteiger charge is 2.54. The minimum absolute atomic E-state index is 0.253. The third-order valence-corrected chi connectivity index (χ3v) is 9.04. The van der Waals surface area contributed by atoms with Crippen LogP contribution in [0.25, 0.3) is 22.5 Å². The van der Waals surface area contributed by atoms with Crippen LogP contribution in [-0.4, -0.2) is 44.2 Å². The highest BCUT2D eigenvalue weighted by atomic mass is 32.2. The van der Waals surface area contributed by atoms with Gasteiger partial charge in [0, 0.05) is 33.4 Å². The van der Waals surface area contributed by atoms with Gasteiger partial charge in [-0.3, -0.25) is 4.21 Å². The predicted octanol–water partition coefficient (Wildman–Crippen LogP) is 4.13. The van der Waals surface area contributed by atoms with Crippen molar-refractivity contribution in [1.29, 1.82) is 0 Å². The molecule has 2 aliphatic carbocycles. The number of ether oxygens (including phenoxy) is 2. The molecule has 1 aromatic carbocycles. The first-order valence-corrected chi connectivity index (χ1v) is 12.2. The molecule has 6 rings (SSSR count). The molecule has 2 saturated carbocycles. The minimum atomic E-state index is -1.01. The molecule has 3 heterocycles. The van der Waals surface area contributed by atoms with E-state index in [1.54, 1.807) is 6.20 Å². The topological polar surface area (TPSA) is 73.6 Å². The molecule has 1 aromatic rings. The maximum Gasteiger partial charge on any atom is 0.176 e. The van der Waals surface area contributed by atoms with E-state index in [9.17, 15) is 9.42 Å². The van der Waals surface area contributed by atoms with Crippen LogP contribution in [0.4, 0.5) is 0 Å². The SMILES string of the molecule is Cc1cc(-c2cc(S(=O)C3CCC3)ccc2OCC2C3COCC32)c2ccnc-2n1O. The molecule has 1 N–H and O–H groups in total. The van der Waals surface area contributed by atoms with Crippen molar-refractivity contribution in [3.8, 4) is 28.3 Å². The minimum Gasteiger partial charge on any atom is -0.493 e. The van der Waals surface area contributed by atoms with Crippen LogP contribution in [0.5, 0.6) is 5.75 Å². The largest absolute Gasteiger partial charge is 0.493 e. The van der Waals surface area contributed by atoms with Gasteiger partial charge in [-0.25, -0.2) is 4.98 Å². The molecule has 5 aliphatic rings. The third kappa shape index (κ3) is 3.17. The summed E-state index contributed by atoms with van der Waals surface area (Å²) in [6.07, 6.45) is 4.91. The number of aromatic nitrogens is 2. The van der Waals surface area contributed by atoms with Gasteiger partial charge < -0.3 is 14.7 Å². The van der Waals surface area contributed by atoms with Gasteiger partial charge in [0.25, 0.3) is 0 Å². The van der Waals surface area contributed by atoms with Crippen molar-refractivity contribution in [2.45, 2.75) is 36.3 Å². The lowest BCUT2D eigenvalue weighted by atomic mass is 9.98. The summed E-state index contributed by atoms with van der Waals surface area (Å²) >= 11 is 0. The lowest BCUT2D eigenvalue weighted by Gasteiger charge is -2.25. The number of pyridine rings is 1. The number of aryl methyl sites for hydroxylation is 1. The van der Waals surface area contributed by atoms with Crippen LogP contribution in [0.3, 0.4) is 0 Å². The molecule has 6 nitrogen and oxygen atoms in total. The van der Waals surface area contributed by atoms with Crippen molar-refractivity contribution in [1.82, 2.24) is 9.71 Å². The molecule has 1 saturated heterocycles. The molecule has 7 heteroatoms. The molecule has 0 bridgehead atoms. The maximum absolute atomic E-state index is 13.1. The third-order valence-electron chi connectivity index (χ3n) is 7.25. The van der Waals surface area contributed by atoms with Crippen molar-refractivity contribution < 1.29 is 18.9 Å². The molecular formula is C24H26N2O4S. The summed E-state index contributed by atoms with van der Waals surface area (Å²) in [4.78, 5) is 5.17. The summed E-state index contributed by atoms with van der Waals surface area (Å²) in [6, 6.07) is 9.78. The van der Waals surface area contributed by atoms with Gasteiger partial charge in [0.2, 0.25) is 0 Å². The summed E-state index contributed by atoms with van der Waals surface area (Å²) in [6.45, 7) is 4.21. The average molecular weight is 439 g/mol. The van der Waals surface area contributed by atoms with Gasteiger partial charge in [-0.15, -0.1) is 0 Å². The van der Waals surface area contributed by atoms with Crippen molar-refractivity contribution in [3.05, 3.63) is 42.2 Å². The first kappa shape index (κ1) is 19.3. The van der Waals surface area contributed by atoms with E-state index in [1.165, 1.54) is 0 Å². The summed E-state index contributed by atoms with van der Waals surface area (Å²) < 4.78 is 26.0. The van der Waals surface area contributed by atoms with Crippen molar-refractivity contribution in [2.75, 3.05) is 19.8 Å². The summed E-state index contributed by atoms with van der Waals surface area (Å²) in [5.41, 5.74) is 3.39. The monoisotopic (exact) mass is 438 g/mol. The van der Waals surface area contributed by atoms with Gasteiger partial charge in [0.15, 0.2) is 5.82 Å². The Hall–Kier alpha value is -2.38. The standard InChI is InChI=1S/C24H26N2O4S/c1-14-9-18(17-7-8-25-24(17)26(14)27)19-10-16(31(28)15-3-2-4-15)5-6-23(19)30-13-22-20-11-29-12-21(20)22/h5-10,15,20-22,27H,2-4,11-13H2,1H3. The van der Waals surface area contributed by atoms with E-state index in [-0.39, 0.29) is 5.25 Å². The molecule has 31 heavy (non-hydrogen) atoms. The van der Waals surface area contributed by atoms with Gasteiger partial charge in [-0.2, -0.15) is 4.73 Å². The first-order valence-electron chi connectivity index (χ1n) is 11.0. The van der Waals surface area contributed by atoms with Crippen LogP contribution in [0, 0.1) is 24.7 Å². The number of hydrogen-bond donors (Lipinski definition) is 1. The Labute approximate surface area is 184 Å². The fourth-order valence-electron chi connectivity index (χ4n) is 4.98. The van der Waals surface area contributed by atoms with Crippen molar-refractivity contribution >= 4 is 10.8 Å². The predicted molar refractivity (Wildman–Crippen MR) is 117 cm³/mol. The van der Waals surface area contributed by atoms with E-state index in [2.05, 4.69) is 4.98 Å². The van der Waals surface area contributed by atoms with Crippen molar-refractivity contribution in [3.63, 3.8) is 0 Å².